The topological polar surface area (TPSA) is 26.3 Å². The van der Waals surface area contributed by atoms with Gasteiger partial charge < -0.3 is 4.74 Å². The van der Waals surface area contributed by atoms with Crippen molar-refractivity contribution >= 4 is 16.7 Å². The Morgan fingerprint density at radius 3 is 1.63 bits per heavy atom. The van der Waals surface area contributed by atoms with Crippen molar-refractivity contribution in [3.63, 3.8) is 0 Å². The van der Waals surface area contributed by atoms with Gasteiger partial charge in [-0.25, -0.2) is 4.79 Å². The molecule has 0 amide bonds. The summed E-state index contributed by atoms with van der Waals surface area (Å²) in [5.41, 5.74) is 5.91. The van der Waals surface area contributed by atoms with Crippen molar-refractivity contribution in [2.75, 3.05) is 7.11 Å². The highest BCUT2D eigenvalue weighted by molar-refractivity contribution is 5.89. The highest BCUT2D eigenvalue weighted by atomic mass is 16.5. The molecule has 0 saturated carbocycles. The van der Waals surface area contributed by atoms with E-state index in [0.717, 1.165) is 25.7 Å². The lowest BCUT2D eigenvalue weighted by atomic mass is 9.99. The van der Waals surface area contributed by atoms with Gasteiger partial charge in [0, 0.05) is 0 Å². The van der Waals surface area contributed by atoms with Crippen LogP contribution in [0.15, 0.2) is 91.0 Å². The van der Waals surface area contributed by atoms with Crippen LogP contribution in [0, 0.1) is 0 Å². The molecular weight excluding hydrogens is 368 g/mol. The van der Waals surface area contributed by atoms with Crippen molar-refractivity contribution in [3.8, 4) is 0 Å². The average Bonchev–Trinajstić information content (AvgIpc) is 2.81. The van der Waals surface area contributed by atoms with Gasteiger partial charge in [0.1, 0.15) is 0 Å². The van der Waals surface area contributed by atoms with Gasteiger partial charge in [0.15, 0.2) is 0 Å². The van der Waals surface area contributed by atoms with E-state index in [1.54, 1.807) is 0 Å². The quantitative estimate of drug-likeness (QED) is 0.349. The van der Waals surface area contributed by atoms with Crippen LogP contribution in [-0.4, -0.2) is 13.1 Å². The average molecular weight is 395 g/mol. The number of aryl methyl sites for hydroxylation is 4. The molecular formula is C28H26O2. The Hall–Kier alpha value is -3.39. The molecule has 4 aromatic carbocycles. The number of benzene rings is 4. The lowest BCUT2D eigenvalue weighted by Gasteiger charge is -2.07. The van der Waals surface area contributed by atoms with Gasteiger partial charge in [-0.05, 0) is 70.8 Å². The second kappa shape index (κ2) is 9.41. The van der Waals surface area contributed by atoms with Crippen LogP contribution in [0.25, 0.3) is 10.8 Å². The van der Waals surface area contributed by atoms with Crippen LogP contribution in [0.5, 0.6) is 0 Å². The highest BCUT2D eigenvalue weighted by Gasteiger charge is 2.05. The van der Waals surface area contributed by atoms with E-state index < -0.39 is 0 Å². The maximum absolute atomic E-state index is 11.5. The molecule has 0 radical (unpaired) electrons. The van der Waals surface area contributed by atoms with Crippen molar-refractivity contribution < 1.29 is 9.53 Å². The number of ether oxygens (including phenoxy) is 1. The molecule has 150 valence electrons. The third-order valence-electron chi connectivity index (χ3n) is 5.62. The second-order valence-corrected chi connectivity index (χ2v) is 7.69. The summed E-state index contributed by atoms with van der Waals surface area (Å²) in [6, 6.07) is 31.9. The van der Waals surface area contributed by atoms with Gasteiger partial charge >= 0.3 is 5.97 Å². The van der Waals surface area contributed by atoms with E-state index in [4.69, 9.17) is 4.74 Å². The van der Waals surface area contributed by atoms with Crippen LogP contribution in [0.3, 0.4) is 0 Å². The van der Waals surface area contributed by atoms with Crippen LogP contribution < -0.4 is 0 Å². The number of hydrogen-bond acceptors (Lipinski definition) is 2. The first-order valence-electron chi connectivity index (χ1n) is 10.4. The highest BCUT2D eigenvalue weighted by Crippen LogP contribution is 2.18. The molecule has 0 spiro atoms. The third-order valence-corrected chi connectivity index (χ3v) is 5.62. The van der Waals surface area contributed by atoms with Gasteiger partial charge in [-0.1, -0.05) is 78.9 Å². The lowest BCUT2D eigenvalue weighted by molar-refractivity contribution is 0.0600. The fraction of sp³-hybridized carbons (Fsp3) is 0.179. The first-order chi connectivity index (χ1) is 14.7. The standard InChI is InChI=1S/C28H26O2/c1-30-28(29)26-18-14-23(15-19-26)11-10-21-6-8-22(9-7-21)12-13-24-16-17-25-4-2-3-5-27(25)20-24/h2-9,14-20H,10-13H2,1H3. The molecule has 0 aromatic heterocycles. The summed E-state index contributed by atoms with van der Waals surface area (Å²) in [5, 5.41) is 2.61. The molecule has 0 saturated heterocycles. The summed E-state index contributed by atoms with van der Waals surface area (Å²) >= 11 is 0. The van der Waals surface area contributed by atoms with Crippen molar-refractivity contribution in [1.82, 2.24) is 0 Å². The van der Waals surface area contributed by atoms with Crippen molar-refractivity contribution in [2.45, 2.75) is 25.7 Å². The van der Waals surface area contributed by atoms with Gasteiger partial charge in [-0.2, -0.15) is 0 Å². The zero-order chi connectivity index (χ0) is 20.8. The summed E-state index contributed by atoms with van der Waals surface area (Å²) < 4.78 is 4.74. The second-order valence-electron chi connectivity index (χ2n) is 7.69. The zero-order valence-electron chi connectivity index (χ0n) is 17.3. The molecule has 30 heavy (non-hydrogen) atoms. The maximum atomic E-state index is 11.5. The van der Waals surface area contributed by atoms with Crippen molar-refractivity contribution in [2.24, 2.45) is 0 Å². The van der Waals surface area contributed by atoms with E-state index in [2.05, 4.69) is 66.7 Å². The molecule has 4 rings (SSSR count). The number of methoxy groups -OCH3 is 1. The smallest absolute Gasteiger partial charge is 0.337 e. The fourth-order valence-corrected chi connectivity index (χ4v) is 3.77. The monoisotopic (exact) mass is 394 g/mol. The maximum Gasteiger partial charge on any atom is 0.337 e. The van der Waals surface area contributed by atoms with E-state index in [1.807, 2.05) is 24.3 Å². The van der Waals surface area contributed by atoms with Crippen LogP contribution in [0.2, 0.25) is 0 Å². The molecule has 0 bridgehead atoms. The lowest BCUT2D eigenvalue weighted by Crippen LogP contribution is -2.01. The molecule has 0 unspecified atom stereocenters. The Kier molecular flexibility index (Phi) is 6.24. The molecule has 0 aliphatic rings. The summed E-state index contributed by atoms with van der Waals surface area (Å²) in [7, 11) is 1.40. The van der Waals surface area contributed by atoms with Gasteiger partial charge in [-0.15, -0.1) is 0 Å². The molecule has 4 aromatic rings. The van der Waals surface area contributed by atoms with Crippen LogP contribution in [0.1, 0.15) is 32.6 Å². The molecule has 0 fully saturated rings. The first kappa shape index (κ1) is 19.9. The zero-order valence-corrected chi connectivity index (χ0v) is 17.3. The normalized spacial score (nSPS) is 10.8. The molecule has 0 aliphatic heterocycles. The Morgan fingerprint density at radius 2 is 1.07 bits per heavy atom. The van der Waals surface area contributed by atoms with Crippen LogP contribution >= 0.6 is 0 Å². The minimum absolute atomic E-state index is 0.291. The van der Waals surface area contributed by atoms with Gasteiger partial charge in [0.05, 0.1) is 12.7 Å². The number of hydrogen-bond donors (Lipinski definition) is 0. The summed E-state index contributed by atoms with van der Waals surface area (Å²) in [5.74, 6) is -0.291. The van der Waals surface area contributed by atoms with Crippen LogP contribution in [0.4, 0.5) is 0 Å². The number of fused-ring (bicyclic) bond motifs is 1. The SMILES string of the molecule is COC(=O)c1ccc(CCc2ccc(CCc3ccc4ccccc4c3)cc2)cc1. The fourth-order valence-electron chi connectivity index (χ4n) is 3.77. The predicted octanol–water partition coefficient (Wildman–Crippen LogP) is 6.20. The largest absolute Gasteiger partial charge is 0.465 e. The van der Waals surface area contributed by atoms with Gasteiger partial charge in [0.25, 0.3) is 0 Å². The Bertz CT molecular complexity index is 1130. The third kappa shape index (κ3) is 4.96. The molecule has 0 N–H and O–H groups in total. The summed E-state index contributed by atoms with van der Waals surface area (Å²) in [6.45, 7) is 0. The van der Waals surface area contributed by atoms with E-state index >= 15 is 0 Å². The predicted molar refractivity (Wildman–Crippen MR) is 123 cm³/mol. The molecule has 2 heteroatoms. The Labute approximate surface area is 178 Å². The minimum Gasteiger partial charge on any atom is -0.465 e. The first-order valence-corrected chi connectivity index (χ1v) is 10.4. The van der Waals surface area contributed by atoms with E-state index in [0.29, 0.717) is 5.56 Å². The Morgan fingerprint density at radius 1 is 0.600 bits per heavy atom. The number of carbonyl (C=O) groups is 1. The number of carbonyl (C=O) groups excluding carboxylic acids is 1. The Balaban J connectivity index is 1.30. The summed E-state index contributed by atoms with van der Waals surface area (Å²) in [6.07, 6.45) is 4.05. The van der Waals surface area contributed by atoms with Gasteiger partial charge in [-0.3, -0.25) is 0 Å². The number of esters is 1. The molecule has 2 nitrogen and oxygen atoms in total. The molecule has 0 aliphatic carbocycles. The van der Waals surface area contributed by atoms with E-state index in [9.17, 15) is 4.79 Å². The minimum atomic E-state index is -0.291. The van der Waals surface area contributed by atoms with E-state index in [1.165, 1.54) is 40.1 Å². The van der Waals surface area contributed by atoms with Crippen molar-refractivity contribution in [1.29, 1.82) is 0 Å². The molecule has 0 atom stereocenters. The van der Waals surface area contributed by atoms with Crippen LogP contribution in [-0.2, 0) is 30.4 Å². The van der Waals surface area contributed by atoms with Crippen molar-refractivity contribution in [3.05, 3.63) is 119 Å². The number of rotatable bonds is 7. The van der Waals surface area contributed by atoms with E-state index in [-0.39, 0.29) is 5.97 Å². The van der Waals surface area contributed by atoms with Gasteiger partial charge in [0.2, 0.25) is 0 Å². The molecule has 0 heterocycles. The summed E-state index contributed by atoms with van der Waals surface area (Å²) in [4.78, 5) is 11.5.